The molecule has 37 heavy (non-hydrogen) atoms. The maximum Gasteiger partial charge on any atom is 0.392 e. The minimum atomic E-state index is -4.31. The van der Waals surface area contributed by atoms with E-state index in [1.54, 1.807) is 57.3 Å². The number of hydrogen-bond acceptors (Lipinski definition) is 0. The van der Waals surface area contributed by atoms with E-state index in [2.05, 4.69) is 0 Å². The SMILES string of the molecule is FC1=C(I)C(F)C(I)C(F)C1C1=CC(C2CCC(C(F)(F)F)CC2)CC(C2=CCC(C(F)(F)F)CC2)=C1. The average molecular weight is 764 g/mol. The van der Waals surface area contributed by atoms with E-state index in [0.717, 1.165) is 0 Å². The van der Waals surface area contributed by atoms with Gasteiger partial charge in [0.05, 0.1) is 25.3 Å². The molecule has 0 spiro atoms. The van der Waals surface area contributed by atoms with E-state index in [1.807, 2.05) is 0 Å². The van der Waals surface area contributed by atoms with Crippen molar-refractivity contribution in [2.75, 3.05) is 0 Å². The topological polar surface area (TPSA) is 0 Å². The van der Waals surface area contributed by atoms with Crippen LogP contribution in [0.1, 0.15) is 51.4 Å². The second-order valence-corrected chi connectivity index (χ2v) is 13.2. The lowest BCUT2D eigenvalue weighted by Crippen LogP contribution is -2.39. The molecule has 0 aromatic carbocycles. The van der Waals surface area contributed by atoms with Gasteiger partial charge in [-0.15, -0.1) is 0 Å². The highest BCUT2D eigenvalue weighted by Gasteiger charge is 2.47. The van der Waals surface area contributed by atoms with E-state index in [-0.39, 0.29) is 47.5 Å². The Hall–Kier alpha value is -0.210. The van der Waals surface area contributed by atoms with Crippen molar-refractivity contribution < 1.29 is 39.5 Å². The summed E-state index contributed by atoms with van der Waals surface area (Å²) in [7, 11) is 0. The third-order valence-electron chi connectivity index (χ3n) is 8.33. The van der Waals surface area contributed by atoms with Crippen LogP contribution in [0.5, 0.6) is 0 Å². The third-order valence-corrected chi connectivity index (χ3v) is 10.8. The summed E-state index contributed by atoms with van der Waals surface area (Å²) in [4.78, 5) is 0. The Morgan fingerprint density at radius 2 is 1.46 bits per heavy atom. The molecule has 4 aliphatic rings. The van der Waals surface area contributed by atoms with Gasteiger partial charge in [0, 0.05) is 0 Å². The van der Waals surface area contributed by atoms with E-state index in [0.29, 0.717) is 36.0 Å². The summed E-state index contributed by atoms with van der Waals surface area (Å²) in [6.07, 6.45) is -6.46. The molecule has 6 atom stereocenters. The van der Waals surface area contributed by atoms with Gasteiger partial charge in [-0.2, -0.15) is 26.3 Å². The van der Waals surface area contributed by atoms with Crippen molar-refractivity contribution in [1.82, 2.24) is 0 Å². The Morgan fingerprint density at radius 3 is 2.00 bits per heavy atom. The first-order valence-corrected chi connectivity index (χ1v) is 14.7. The van der Waals surface area contributed by atoms with Gasteiger partial charge in [0.15, 0.2) is 0 Å². The predicted molar refractivity (Wildman–Crippen MR) is 140 cm³/mol. The quantitative estimate of drug-likeness (QED) is 0.153. The molecule has 0 bridgehead atoms. The van der Waals surface area contributed by atoms with Gasteiger partial charge in [0.2, 0.25) is 0 Å². The molecule has 1 saturated carbocycles. The Kier molecular flexibility index (Phi) is 9.13. The Balaban J connectivity index is 1.65. The van der Waals surface area contributed by atoms with Crippen LogP contribution >= 0.6 is 45.2 Å². The Morgan fingerprint density at radius 1 is 0.838 bits per heavy atom. The second kappa shape index (κ2) is 11.3. The first kappa shape index (κ1) is 29.8. The molecule has 0 amide bonds. The van der Waals surface area contributed by atoms with Gasteiger partial charge in [-0.05, 0) is 103 Å². The van der Waals surface area contributed by atoms with Gasteiger partial charge in [-0.25, -0.2) is 13.2 Å². The number of halogens is 11. The molecule has 0 aliphatic heterocycles. The van der Waals surface area contributed by atoms with Gasteiger partial charge in [-0.1, -0.05) is 40.8 Å². The molecule has 0 aromatic rings. The molecule has 0 aromatic heterocycles. The van der Waals surface area contributed by atoms with Crippen molar-refractivity contribution >= 4 is 45.2 Å². The second-order valence-electron chi connectivity index (χ2n) is 10.6. The van der Waals surface area contributed by atoms with Crippen LogP contribution in [-0.4, -0.2) is 28.6 Å². The van der Waals surface area contributed by atoms with Crippen molar-refractivity contribution in [1.29, 1.82) is 0 Å². The molecule has 208 valence electrons. The summed E-state index contributed by atoms with van der Waals surface area (Å²) in [5.41, 5.74) is 1.68. The monoisotopic (exact) mass is 764 g/mol. The van der Waals surface area contributed by atoms with Gasteiger partial charge >= 0.3 is 12.4 Å². The molecule has 0 nitrogen and oxygen atoms in total. The number of allylic oxidation sites excluding steroid dienone is 8. The van der Waals surface area contributed by atoms with E-state index >= 15 is 8.78 Å². The van der Waals surface area contributed by atoms with Crippen LogP contribution < -0.4 is 0 Å². The van der Waals surface area contributed by atoms with Crippen LogP contribution in [0.3, 0.4) is 0 Å². The van der Waals surface area contributed by atoms with Gasteiger partial charge < -0.3 is 0 Å². The lowest BCUT2D eigenvalue weighted by Gasteiger charge is -2.38. The van der Waals surface area contributed by atoms with E-state index < -0.39 is 52.2 Å². The van der Waals surface area contributed by atoms with Crippen LogP contribution in [0.4, 0.5) is 39.5 Å². The van der Waals surface area contributed by atoms with E-state index in [1.165, 1.54) is 6.08 Å². The highest BCUT2D eigenvalue weighted by Crippen LogP contribution is 2.50. The zero-order valence-corrected chi connectivity index (χ0v) is 24.0. The summed E-state index contributed by atoms with van der Waals surface area (Å²) in [5, 5.41) is 0. The molecule has 4 aliphatic carbocycles. The highest BCUT2D eigenvalue weighted by atomic mass is 127. The average Bonchev–Trinajstić information content (AvgIpc) is 2.85. The summed E-state index contributed by atoms with van der Waals surface area (Å²) >= 11 is 3.18. The maximum atomic E-state index is 15.3. The Labute approximate surface area is 237 Å². The number of hydrogen-bond donors (Lipinski definition) is 0. The number of alkyl halides is 9. The maximum absolute atomic E-state index is 15.3. The molecular formula is C26H27F9I2. The summed E-state index contributed by atoms with van der Waals surface area (Å²) in [6.45, 7) is 0. The van der Waals surface area contributed by atoms with Crippen LogP contribution in [0.2, 0.25) is 0 Å². The van der Waals surface area contributed by atoms with Gasteiger partial charge in [0.25, 0.3) is 0 Å². The molecule has 0 heterocycles. The molecule has 4 rings (SSSR count). The third kappa shape index (κ3) is 6.42. The minimum absolute atomic E-state index is 0.0243. The fraction of sp³-hybridized carbons (Fsp3) is 0.692. The van der Waals surface area contributed by atoms with Crippen molar-refractivity contribution in [3.8, 4) is 0 Å². The molecule has 0 radical (unpaired) electrons. The minimum Gasteiger partial charge on any atom is -0.245 e. The molecule has 1 fully saturated rings. The van der Waals surface area contributed by atoms with Crippen molar-refractivity contribution in [2.24, 2.45) is 29.6 Å². The predicted octanol–water partition coefficient (Wildman–Crippen LogP) is 10.2. The van der Waals surface area contributed by atoms with Crippen LogP contribution in [0.15, 0.2) is 44.4 Å². The highest BCUT2D eigenvalue weighted by molar-refractivity contribution is 14.1. The fourth-order valence-electron chi connectivity index (χ4n) is 6.12. The Bertz CT molecular complexity index is 983. The van der Waals surface area contributed by atoms with Crippen molar-refractivity contribution in [3.05, 3.63) is 44.4 Å². The first-order chi connectivity index (χ1) is 17.2. The lowest BCUT2D eigenvalue weighted by molar-refractivity contribution is -0.184. The van der Waals surface area contributed by atoms with Crippen LogP contribution in [-0.2, 0) is 0 Å². The lowest BCUT2D eigenvalue weighted by atomic mass is 9.69. The smallest absolute Gasteiger partial charge is 0.245 e. The first-order valence-electron chi connectivity index (χ1n) is 12.4. The van der Waals surface area contributed by atoms with Crippen LogP contribution in [0.25, 0.3) is 0 Å². The zero-order valence-electron chi connectivity index (χ0n) is 19.7. The molecule has 11 heteroatoms. The normalized spacial score (nSPS) is 38.2. The summed E-state index contributed by atoms with van der Waals surface area (Å²) in [6, 6.07) is 0. The largest absolute Gasteiger partial charge is 0.392 e. The van der Waals surface area contributed by atoms with E-state index in [9.17, 15) is 30.7 Å². The van der Waals surface area contributed by atoms with Crippen LogP contribution in [0, 0.1) is 29.6 Å². The fourth-order valence-corrected chi connectivity index (χ4v) is 8.31. The summed E-state index contributed by atoms with van der Waals surface area (Å²) in [5.74, 6) is -5.49. The van der Waals surface area contributed by atoms with E-state index in [4.69, 9.17) is 0 Å². The molecule has 0 saturated heterocycles. The number of rotatable bonds is 3. The standard InChI is InChI=1S/C26H27F9I2/c27-20-19(21(28)24(37)22(29)23(20)36)16-10-14(12-1-5-17(6-2-12)25(30,31)32)9-15(11-16)13-3-7-18(8-4-13)26(33,34)35/h1,10-11,13,15,17-20,22-23H,2-9H2. The zero-order chi connectivity index (χ0) is 27.3. The van der Waals surface area contributed by atoms with Gasteiger partial charge in [0.1, 0.15) is 18.2 Å². The van der Waals surface area contributed by atoms with Crippen molar-refractivity contribution in [3.63, 3.8) is 0 Å². The molecule has 6 unspecified atom stereocenters. The van der Waals surface area contributed by atoms with Gasteiger partial charge in [-0.3, -0.25) is 0 Å². The molecule has 0 N–H and O–H groups in total. The summed E-state index contributed by atoms with van der Waals surface area (Å²) < 4.78 is 123. The molecular weight excluding hydrogens is 737 g/mol. The van der Waals surface area contributed by atoms with Crippen molar-refractivity contribution in [2.45, 2.75) is 80.0 Å².